The summed E-state index contributed by atoms with van der Waals surface area (Å²) in [5.41, 5.74) is 0. The molecule has 0 aliphatic carbocycles. The third-order valence-corrected chi connectivity index (χ3v) is 2.26. The van der Waals surface area contributed by atoms with Gasteiger partial charge in [-0.2, -0.15) is 0 Å². The first-order valence-electron chi connectivity index (χ1n) is 5.93. The maximum atomic E-state index is 10.8. The van der Waals surface area contributed by atoms with Crippen LogP contribution in [0.2, 0.25) is 0 Å². The summed E-state index contributed by atoms with van der Waals surface area (Å²) in [6.07, 6.45) is 3.65. The zero-order chi connectivity index (χ0) is 11.7. The van der Waals surface area contributed by atoms with Crippen LogP contribution in [0.15, 0.2) is 0 Å². The molecule has 0 radical (unpaired) electrons. The number of hydrogen-bond donors (Lipinski definition) is 1. The van der Waals surface area contributed by atoms with Crippen LogP contribution in [-0.2, 0) is 4.79 Å². The molecule has 0 aliphatic heterocycles. The van der Waals surface area contributed by atoms with E-state index < -0.39 is 0 Å². The van der Waals surface area contributed by atoms with Gasteiger partial charge in [-0.1, -0.05) is 20.3 Å². The van der Waals surface area contributed by atoms with Gasteiger partial charge in [0.15, 0.2) is 0 Å². The largest absolute Gasteiger partial charge is 0.315 e. The lowest BCUT2D eigenvalue weighted by Gasteiger charge is -2.14. The number of carbonyl (C=O) groups is 1. The maximum absolute atomic E-state index is 10.8. The number of unbranched alkanes of at least 4 members (excludes halogenated alkanes) is 2. The summed E-state index contributed by atoms with van der Waals surface area (Å²) in [6, 6.07) is 0.588. The second kappa shape index (κ2) is 8.86. The average Bonchev–Trinajstić information content (AvgIpc) is 2.09. The van der Waals surface area contributed by atoms with E-state index in [1.54, 1.807) is 6.92 Å². The topological polar surface area (TPSA) is 32.3 Å². The van der Waals surface area contributed by atoms with Crippen molar-refractivity contribution in [2.75, 3.05) is 26.7 Å². The highest BCUT2D eigenvalue weighted by molar-refractivity contribution is 5.77. The van der Waals surface area contributed by atoms with Gasteiger partial charge >= 0.3 is 0 Å². The number of rotatable bonds is 9. The molecule has 0 bridgehead atoms. The van der Waals surface area contributed by atoms with Crippen LogP contribution in [0.3, 0.4) is 0 Å². The molecule has 0 unspecified atom stereocenters. The van der Waals surface area contributed by atoms with E-state index in [1.807, 2.05) is 7.05 Å². The molecule has 0 heterocycles. The van der Waals surface area contributed by atoms with Gasteiger partial charge in [-0.05, 0) is 39.9 Å². The van der Waals surface area contributed by atoms with Crippen molar-refractivity contribution in [2.24, 2.45) is 0 Å². The van der Waals surface area contributed by atoms with Gasteiger partial charge in [-0.15, -0.1) is 0 Å². The van der Waals surface area contributed by atoms with Crippen molar-refractivity contribution in [3.05, 3.63) is 0 Å². The predicted molar refractivity (Wildman–Crippen MR) is 65.2 cm³/mol. The van der Waals surface area contributed by atoms with Crippen molar-refractivity contribution in [3.8, 4) is 0 Å². The standard InChI is InChI=1S/C12H26N2O/c1-11(2)13-8-6-5-7-9-14(4)10-12(3)15/h11,13H,5-10H2,1-4H3. The van der Waals surface area contributed by atoms with Gasteiger partial charge in [0.2, 0.25) is 0 Å². The third-order valence-electron chi connectivity index (χ3n) is 2.26. The lowest BCUT2D eigenvalue weighted by molar-refractivity contribution is -0.117. The molecule has 0 fully saturated rings. The minimum Gasteiger partial charge on any atom is -0.315 e. The van der Waals surface area contributed by atoms with Crippen molar-refractivity contribution in [2.45, 2.75) is 46.1 Å². The number of likely N-dealkylation sites (N-methyl/N-ethyl adjacent to an activating group) is 1. The summed E-state index contributed by atoms with van der Waals surface area (Å²) in [4.78, 5) is 12.9. The first kappa shape index (κ1) is 14.6. The lowest BCUT2D eigenvalue weighted by atomic mass is 10.2. The molecular formula is C12H26N2O. The molecule has 0 aliphatic rings. The van der Waals surface area contributed by atoms with E-state index in [0.29, 0.717) is 12.6 Å². The lowest BCUT2D eigenvalue weighted by Crippen LogP contribution is -2.26. The highest BCUT2D eigenvalue weighted by atomic mass is 16.1. The summed E-state index contributed by atoms with van der Waals surface area (Å²) >= 11 is 0. The number of nitrogens with zero attached hydrogens (tertiary/aromatic N) is 1. The minimum atomic E-state index is 0.249. The van der Waals surface area contributed by atoms with Crippen molar-refractivity contribution < 1.29 is 4.79 Å². The second-order valence-electron chi connectivity index (χ2n) is 4.61. The Balaban J connectivity index is 3.20. The highest BCUT2D eigenvalue weighted by Gasteiger charge is 2.00. The molecule has 0 aromatic heterocycles. The predicted octanol–water partition coefficient (Wildman–Crippen LogP) is 1.68. The molecule has 0 atom stereocenters. The summed E-state index contributed by atoms with van der Waals surface area (Å²) in [7, 11) is 2.01. The molecule has 90 valence electrons. The van der Waals surface area contributed by atoms with Crippen molar-refractivity contribution in [1.29, 1.82) is 0 Å². The molecular weight excluding hydrogens is 188 g/mol. The highest BCUT2D eigenvalue weighted by Crippen LogP contribution is 1.97. The van der Waals surface area contributed by atoms with Gasteiger partial charge in [0, 0.05) is 6.04 Å². The molecule has 0 aromatic rings. The van der Waals surface area contributed by atoms with Crippen LogP contribution >= 0.6 is 0 Å². The van der Waals surface area contributed by atoms with Crippen LogP contribution in [0.4, 0.5) is 0 Å². The number of Topliss-reactive ketones (excluding diaryl/α,β-unsaturated/α-hetero) is 1. The Bertz CT molecular complexity index is 169. The zero-order valence-corrected chi connectivity index (χ0v) is 10.7. The Kier molecular flexibility index (Phi) is 8.62. The molecule has 0 spiro atoms. The molecule has 0 saturated heterocycles. The van der Waals surface area contributed by atoms with E-state index in [2.05, 4.69) is 24.1 Å². The van der Waals surface area contributed by atoms with Gasteiger partial charge in [0.1, 0.15) is 5.78 Å². The Morgan fingerprint density at radius 1 is 1.27 bits per heavy atom. The minimum absolute atomic E-state index is 0.249. The number of carbonyl (C=O) groups excluding carboxylic acids is 1. The van der Waals surface area contributed by atoms with Crippen LogP contribution in [0.25, 0.3) is 0 Å². The van der Waals surface area contributed by atoms with E-state index >= 15 is 0 Å². The van der Waals surface area contributed by atoms with Crippen LogP contribution in [0, 0.1) is 0 Å². The maximum Gasteiger partial charge on any atom is 0.143 e. The fourth-order valence-electron chi connectivity index (χ4n) is 1.53. The van der Waals surface area contributed by atoms with Gasteiger partial charge in [0.25, 0.3) is 0 Å². The monoisotopic (exact) mass is 214 g/mol. The first-order chi connectivity index (χ1) is 7.02. The Hall–Kier alpha value is -0.410. The number of nitrogens with one attached hydrogen (secondary N) is 1. The van der Waals surface area contributed by atoms with E-state index in [1.165, 1.54) is 19.3 Å². The third kappa shape index (κ3) is 11.5. The van der Waals surface area contributed by atoms with Crippen molar-refractivity contribution in [3.63, 3.8) is 0 Å². The van der Waals surface area contributed by atoms with E-state index in [-0.39, 0.29) is 5.78 Å². The quantitative estimate of drug-likeness (QED) is 0.593. The van der Waals surface area contributed by atoms with Crippen LogP contribution in [0.1, 0.15) is 40.0 Å². The molecule has 0 aromatic carbocycles. The van der Waals surface area contributed by atoms with E-state index in [0.717, 1.165) is 13.1 Å². The SMILES string of the molecule is CC(=O)CN(C)CCCCCNC(C)C. The smallest absolute Gasteiger partial charge is 0.143 e. The van der Waals surface area contributed by atoms with E-state index in [4.69, 9.17) is 0 Å². The number of ketones is 1. The van der Waals surface area contributed by atoms with Crippen molar-refractivity contribution in [1.82, 2.24) is 10.2 Å². The molecule has 15 heavy (non-hydrogen) atoms. The first-order valence-corrected chi connectivity index (χ1v) is 5.93. The normalized spacial score (nSPS) is 11.3. The van der Waals surface area contributed by atoms with Gasteiger partial charge in [-0.25, -0.2) is 0 Å². The van der Waals surface area contributed by atoms with Crippen LogP contribution < -0.4 is 5.32 Å². The molecule has 0 saturated carbocycles. The van der Waals surface area contributed by atoms with Gasteiger partial charge < -0.3 is 5.32 Å². The summed E-state index contributed by atoms with van der Waals surface area (Å²) in [5.74, 6) is 0.249. The average molecular weight is 214 g/mol. The molecule has 0 amide bonds. The summed E-state index contributed by atoms with van der Waals surface area (Å²) < 4.78 is 0. The molecule has 0 rings (SSSR count). The fraction of sp³-hybridized carbons (Fsp3) is 0.917. The van der Waals surface area contributed by atoms with Crippen LogP contribution in [-0.4, -0.2) is 43.4 Å². The zero-order valence-electron chi connectivity index (χ0n) is 10.7. The Labute approximate surface area is 94.2 Å². The molecule has 1 N–H and O–H groups in total. The number of hydrogen-bond acceptors (Lipinski definition) is 3. The van der Waals surface area contributed by atoms with Crippen molar-refractivity contribution >= 4 is 5.78 Å². The fourth-order valence-corrected chi connectivity index (χ4v) is 1.53. The van der Waals surface area contributed by atoms with Crippen LogP contribution in [0.5, 0.6) is 0 Å². The van der Waals surface area contributed by atoms with E-state index in [9.17, 15) is 4.79 Å². The molecule has 3 heteroatoms. The summed E-state index contributed by atoms with van der Waals surface area (Å²) in [6.45, 7) is 8.70. The molecule has 3 nitrogen and oxygen atoms in total. The van der Waals surface area contributed by atoms with Gasteiger partial charge in [0.05, 0.1) is 6.54 Å². The summed E-state index contributed by atoms with van der Waals surface area (Å²) in [5, 5.41) is 3.40. The Morgan fingerprint density at radius 3 is 2.47 bits per heavy atom. The second-order valence-corrected chi connectivity index (χ2v) is 4.61. The Morgan fingerprint density at radius 2 is 1.93 bits per heavy atom. The van der Waals surface area contributed by atoms with Gasteiger partial charge in [-0.3, -0.25) is 9.69 Å².